The SMILES string of the molecule is Cc1ccc(-n2c(C)cc(C(=O)CCl)c2C)cn1. The summed E-state index contributed by atoms with van der Waals surface area (Å²) >= 11 is 5.62. The van der Waals surface area contributed by atoms with Crippen LogP contribution in [0, 0.1) is 20.8 Å². The molecule has 0 radical (unpaired) electrons. The molecule has 3 nitrogen and oxygen atoms in total. The highest BCUT2D eigenvalue weighted by molar-refractivity contribution is 6.30. The summed E-state index contributed by atoms with van der Waals surface area (Å²) < 4.78 is 2.02. The van der Waals surface area contributed by atoms with Gasteiger partial charge in [0, 0.05) is 22.6 Å². The van der Waals surface area contributed by atoms with Gasteiger partial charge in [-0.2, -0.15) is 0 Å². The lowest BCUT2D eigenvalue weighted by atomic mass is 10.2. The van der Waals surface area contributed by atoms with Crippen LogP contribution in [0.2, 0.25) is 0 Å². The molecule has 18 heavy (non-hydrogen) atoms. The van der Waals surface area contributed by atoms with Gasteiger partial charge in [0.15, 0.2) is 5.78 Å². The maximum absolute atomic E-state index is 11.7. The van der Waals surface area contributed by atoms with Crippen molar-refractivity contribution in [2.45, 2.75) is 20.8 Å². The molecule has 0 saturated carbocycles. The van der Waals surface area contributed by atoms with Gasteiger partial charge in [0.1, 0.15) is 0 Å². The summed E-state index contributed by atoms with van der Waals surface area (Å²) in [7, 11) is 0. The quantitative estimate of drug-likeness (QED) is 0.629. The third-order valence-corrected chi connectivity index (χ3v) is 3.25. The first kappa shape index (κ1) is 12.8. The van der Waals surface area contributed by atoms with Crippen LogP contribution >= 0.6 is 11.6 Å². The van der Waals surface area contributed by atoms with Crippen LogP contribution in [0.4, 0.5) is 0 Å². The number of alkyl halides is 1. The van der Waals surface area contributed by atoms with Gasteiger partial charge in [0.05, 0.1) is 17.8 Å². The average Bonchev–Trinajstić information content (AvgIpc) is 2.65. The minimum absolute atomic E-state index is 0.0104. The van der Waals surface area contributed by atoms with Crippen molar-refractivity contribution in [2.24, 2.45) is 0 Å². The molecule has 0 N–H and O–H groups in total. The zero-order chi connectivity index (χ0) is 13.3. The van der Waals surface area contributed by atoms with E-state index in [1.165, 1.54) is 0 Å². The highest BCUT2D eigenvalue weighted by atomic mass is 35.5. The second-order valence-electron chi connectivity index (χ2n) is 4.33. The molecule has 0 saturated heterocycles. The third-order valence-electron chi connectivity index (χ3n) is 3.01. The zero-order valence-electron chi connectivity index (χ0n) is 10.7. The monoisotopic (exact) mass is 262 g/mol. The van der Waals surface area contributed by atoms with Crippen LogP contribution in [0.1, 0.15) is 27.4 Å². The average molecular weight is 263 g/mol. The fraction of sp³-hybridized carbons (Fsp3) is 0.286. The molecule has 0 fully saturated rings. The molecule has 0 aliphatic rings. The van der Waals surface area contributed by atoms with E-state index in [4.69, 9.17) is 11.6 Å². The summed E-state index contributed by atoms with van der Waals surface area (Å²) in [4.78, 5) is 16.0. The molecule has 2 aromatic heterocycles. The van der Waals surface area contributed by atoms with Crippen molar-refractivity contribution in [3.05, 3.63) is 47.0 Å². The predicted molar refractivity (Wildman–Crippen MR) is 72.8 cm³/mol. The molecule has 0 spiro atoms. The molecule has 2 aromatic rings. The van der Waals surface area contributed by atoms with E-state index in [2.05, 4.69) is 4.98 Å². The van der Waals surface area contributed by atoms with Crippen LogP contribution < -0.4 is 0 Å². The Hall–Kier alpha value is -1.61. The number of aromatic nitrogens is 2. The first-order valence-electron chi connectivity index (χ1n) is 5.75. The predicted octanol–water partition coefficient (Wildman–Crippen LogP) is 3.22. The van der Waals surface area contributed by atoms with E-state index in [1.807, 2.05) is 49.7 Å². The number of hydrogen-bond acceptors (Lipinski definition) is 2. The van der Waals surface area contributed by atoms with Gasteiger partial charge >= 0.3 is 0 Å². The fourth-order valence-corrected chi connectivity index (χ4v) is 2.25. The van der Waals surface area contributed by atoms with Crippen LogP contribution in [0.15, 0.2) is 24.4 Å². The Balaban J connectivity index is 2.55. The number of aryl methyl sites for hydroxylation is 2. The van der Waals surface area contributed by atoms with Gasteiger partial charge in [0.25, 0.3) is 0 Å². The molecule has 0 amide bonds. The molecular weight excluding hydrogens is 248 g/mol. The molecule has 0 unspecified atom stereocenters. The largest absolute Gasteiger partial charge is 0.316 e. The van der Waals surface area contributed by atoms with Gasteiger partial charge in [-0.15, -0.1) is 11.6 Å². The first-order valence-corrected chi connectivity index (χ1v) is 6.29. The topological polar surface area (TPSA) is 34.9 Å². The number of halogens is 1. The van der Waals surface area contributed by atoms with Crippen molar-refractivity contribution < 1.29 is 4.79 Å². The minimum atomic E-state index is -0.0453. The standard InChI is InChI=1S/C14H15ClN2O/c1-9-4-5-12(8-16-9)17-10(2)6-13(11(17)3)14(18)7-15/h4-6,8H,7H2,1-3H3. The third kappa shape index (κ3) is 2.18. The van der Waals surface area contributed by atoms with E-state index in [-0.39, 0.29) is 11.7 Å². The Morgan fingerprint density at radius 3 is 2.61 bits per heavy atom. The van der Waals surface area contributed by atoms with Crippen molar-refractivity contribution in [3.63, 3.8) is 0 Å². The number of Topliss-reactive ketones (excluding diaryl/α,β-unsaturated/α-hetero) is 1. The highest BCUT2D eigenvalue weighted by Gasteiger charge is 2.15. The Morgan fingerprint density at radius 2 is 2.06 bits per heavy atom. The fourth-order valence-electron chi connectivity index (χ4n) is 2.11. The summed E-state index contributed by atoms with van der Waals surface area (Å²) in [6.07, 6.45) is 1.81. The van der Waals surface area contributed by atoms with Crippen LogP contribution in [-0.4, -0.2) is 21.2 Å². The Kier molecular flexibility index (Phi) is 3.53. The molecule has 2 rings (SSSR count). The van der Waals surface area contributed by atoms with Crippen molar-refractivity contribution in [1.82, 2.24) is 9.55 Å². The number of pyridine rings is 1. The molecule has 94 valence electrons. The van der Waals surface area contributed by atoms with Crippen LogP contribution in [0.25, 0.3) is 5.69 Å². The summed E-state index contributed by atoms with van der Waals surface area (Å²) in [5, 5.41) is 0. The number of carbonyl (C=O) groups is 1. The molecule has 4 heteroatoms. The Labute approximate surface area is 111 Å². The van der Waals surface area contributed by atoms with Crippen LogP contribution in [-0.2, 0) is 0 Å². The number of rotatable bonds is 3. The molecule has 0 atom stereocenters. The normalized spacial score (nSPS) is 10.7. The van der Waals surface area contributed by atoms with Gasteiger partial charge in [0.2, 0.25) is 0 Å². The zero-order valence-corrected chi connectivity index (χ0v) is 11.5. The van der Waals surface area contributed by atoms with Gasteiger partial charge in [-0.25, -0.2) is 0 Å². The Morgan fingerprint density at radius 1 is 1.33 bits per heavy atom. The minimum Gasteiger partial charge on any atom is -0.316 e. The molecule has 0 aliphatic carbocycles. The van der Waals surface area contributed by atoms with Crippen LogP contribution in [0.3, 0.4) is 0 Å². The van der Waals surface area contributed by atoms with Crippen molar-refractivity contribution in [3.8, 4) is 5.69 Å². The maximum atomic E-state index is 11.7. The van der Waals surface area contributed by atoms with E-state index in [1.54, 1.807) is 0 Å². The summed E-state index contributed by atoms with van der Waals surface area (Å²) in [5.74, 6) is -0.0349. The molecule has 0 aromatic carbocycles. The van der Waals surface area contributed by atoms with Gasteiger partial charge in [-0.1, -0.05) is 0 Å². The number of carbonyl (C=O) groups excluding carboxylic acids is 1. The lowest BCUT2D eigenvalue weighted by Crippen LogP contribution is -2.04. The lowest BCUT2D eigenvalue weighted by molar-refractivity contribution is 0.102. The van der Waals surface area contributed by atoms with Gasteiger partial charge in [-0.05, 0) is 39.0 Å². The second kappa shape index (κ2) is 4.94. The maximum Gasteiger partial charge on any atom is 0.179 e. The van der Waals surface area contributed by atoms with Gasteiger partial charge in [-0.3, -0.25) is 9.78 Å². The lowest BCUT2D eigenvalue weighted by Gasteiger charge is -2.09. The summed E-state index contributed by atoms with van der Waals surface area (Å²) in [6.45, 7) is 5.84. The second-order valence-corrected chi connectivity index (χ2v) is 4.60. The van der Waals surface area contributed by atoms with Gasteiger partial charge < -0.3 is 4.57 Å². The number of nitrogens with zero attached hydrogens (tertiary/aromatic N) is 2. The van der Waals surface area contributed by atoms with E-state index in [0.717, 1.165) is 22.8 Å². The summed E-state index contributed by atoms with van der Waals surface area (Å²) in [6, 6.07) is 5.83. The molecule has 0 aliphatic heterocycles. The smallest absolute Gasteiger partial charge is 0.179 e. The van der Waals surface area contributed by atoms with Crippen molar-refractivity contribution in [1.29, 1.82) is 0 Å². The van der Waals surface area contributed by atoms with Crippen LogP contribution in [0.5, 0.6) is 0 Å². The molecule has 0 bridgehead atoms. The van der Waals surface area contributed by atoms with E-state index in [0.29, 0.717) is 5.56 Å². The highest BCUT2D eigenvalue weighted by Crippen LogP contribution is 2.21. The van der Waals surface area contributed by atoms with E-state index in [9.17, 15) is 4.79 Å². The first-order chi connectivity index (χ1) is 8.54. The number of ketones is 1. The Bertz CT molecular complexity index is 585. The molecular formula is C14H15ClN2O. The van der Waals surface area contributed by atoms with E-state index >= 15 is 0 Å². The van der Waals surface area contributed by atoms with E-state index < -0.39 is 0 Å². The van der Waals surface area contributed by atoms with Crippen molar-refractivity contribution >= 4 is 17.4 Å². The number of hydrogen-bond donors (Lipinski definition) is 0. The van der Waals surface area contributed by atoms with Crippen molar-refractivity contribution in [2.75, 3.05) is 5.88 Å². The summed E-state index contributed by atoms with van der Waals surface area (Å²) in [5.41, 5.74) is 4.53. The molecule has 2 heterocycles.